The molecule has 33 heavy (non-hydrogen) atoms. The van der Waals surface area contributed by atoms with Gasteiger partial charge in [-0.05, 0) is 43.3 Å². The van der Waals surface area contributed by atoms with E-state index in [1.807, 2.05) is 67.8 Å². The summed E-state index contributed by atoms with van der Waals surface area (Å²) < 4.78 is 25.9. The fraction of sp³-hybridized carbons (Fsp3) is 0.292. The van der Waals surface area contributed by atoms with Crippen molar-refractivity contribution in [2.24, 2.45) is 0 Å². The molecule has 9 heteroatoms. The van der Waals surface area contributed by atoms with E-state index in [0.29, 0.717) is 34.4 Å². The predicted octanol–water partition coefficient (Wildman–Crippen LogP) is 4.32. The average Bonchev–Trinajstić information content (AvgIpc) is 3.53. The second kappa shape index (κ2) is 8.39. The summed E-state index contributed by atoms with van der Waals surface area (Å²) in [6, 6.07) is 15.0. The van der Waals surface area contributed by atoms with E-state index in [0.717, 1.165) is 10.4 Å². The lowest BCUT2D eigenvalue weighted by molar-refractivity contribution is 0.0941. The number of nitrogens with one attached hydrogen (secondary N) is 1. The number of carbonyl (C=O) groups excluding carboxylic acids is 1. The minimum absolute atomic E-state index is 0.0424. The van der Waals surface area contributed by atoms with Gasteiger partial charge in [0, 0.05) is 0 Å². The highest BCUT2D eigenvalue weighted by Gasteiger charge is 2.32. The SMILES string of the molecule is Cc1nn([C@H]2CCS(=O)(=O)C2)c2nc(-c3cccs3)cc(C(=O)N[C@H](C)c3ccccc3)c12. The molecule has 170 valence electrons. The minimum Gasteiger partial charge on any atom is -0.345 e. The van der Waals surface area contributed by atoms with Gasteiger partial charge in [-0.1, -0.05) is 36.4 Å². The lowest BCUT2D eigenvalue weighted by Gasteiger charge is -2.16. The molecular weight excluding hydrogens is 456 g/mol. The van der Waals surface area contributed by atoms with Gasteiger partial charge in [-0.3, -0.25) is 4.79 Å². The maximum Gasteiger partial charge on any atom is 0.252 e. The number of nitrogens with zero attached hydrogens (tertiary/aromatic N) is 3. The first-order valence-corrected chi connectivity index (χ1v) is 13.5. The third-order valence-electron chi connectivity index (χ3n) is 6.06. The van der Waals surface area contributed by atoms with Gasteiger partial charge in [-0.25, -0.2) is 18.1 Å². The van der Waals surface area contributed by atoms with Crippen molar-refractivity contribution < 1.29 is 13.2 Å². The molecule has 0 saturated carbocycles. The molecule has 1 amide bonds. The molecular formula is C24H24N4O3S2. The summed E-state index contributed by atoms with van der Waals surface area (Å²) in [7, 11) is -3.10. The van der Waals surface area contributed by atoms with E-state index in [9.17, 15) is 13.2 Å². The maximum absolute atomic E-state index is 13.5. The number of hydrogen-bond donors (Lipinski definition) is 1. The molecule has 4 aromatic rings. The van der Waals surface area contributed by atoms with Crippen LogP contribution in [0.2, 0.25) is 0 Å². The highest BCUT2D eigenvalue weighted by Crippen LogP contribution is 2.33. The zero-order valence-corrected chi connectivity index (χ0v) is 20.0. The Morgan fingerprint density at radius 1 is 1.21 bits per heavy atom. The molecule has 2 atom stereocenters. The summed E-state index contributed by atoms with van der Waals surface area (Å²) in [6.07, 6.45) is 0.496. The molecule has 1 aliphatic heterocycles. The van der Waals surface area contributed by atoms with Crippen LogP contribution in [0.15, 0.2) is 53.9 Å². The quantitative estimate of drug-likeness (QED) is 0.459. The van der Waals surface area contributed by atoms with E-state index in [1.54, 1.807) is 16.0 Å². The molecule has 0 spiro atoms. The van der Waals surface area contributed by atoms with Crippen molar-refractivity contribution >= 4 is 38.1 Å². The summed E-state index contributed by atoms with van der Waals surface area (Å²) in [5, 5.41) is 10.4. The van der Waals surface area contributed by atoms with Crippen molar-refractivity contribution in [3.05, 3.63) is 70.7 Å². The van der Waals surface area contributed by atoms with Crippen LogP contribution in [-0.4, -0.2) is 40.6 Å². The number of pyridine rings is 1. The topological polar surface area (TPSA) is 93.9 Å². The largest absolute Gasteiger partial charge is 0.345 e. The van der Waals surface area contributed by atoms with Gasteiger partial charge in [0.1, 0.15) is 0 Å². The zero-order chi connectivity index (χ0) is 23.2. The number of fused-ring (bicyclic) bond motifs is 1. The third kappa shape index (κ3) is 4.18. The molecule has 0 bridgehead atoms. The number of hydrogen-bond acceptors (Lipinski definition) is 6. The van der Waals surface area contributed by atoms with Crippen molar-refractivity contribution in [1.29, 1.82) is 0 Å². The number of aromatic nitrogens is 3. The molecule has 1 N–H and O–H groups in total. The van der Waals surface area contributed by atoms with E-state index >= 15 is 0 Å². The number of thiophene rings is 1. The van der Waals surface area contributed by atoms with Crippen molar-refractivity contribution in [2.75, 3.05) is 11.5 Å². The Kier molecular flexibility index (Phi) is 5.54. The van der Waals surface area contributed by atoms with Crippen LogP contribution in [0.5, 0.6) is 0 Å². The molecule has 3 aromatic heterocycles. The molecule has 1 aliphatic rings. The minimum atomic E-state index is -3.10. The molecule has 5 rings (SSSR count). The third-order valence-corrected chi connectivity index (χ3v) is 8.70. The highest BCUT2D eigenvalue weighted by molar-refractivity contribution is 7.91. The van der Waals surface area contributed by atoms with Crippen LogP contribution >= 0.6 is 11.3 Å². The molecule has 4 heterocycles. The van der Waals surface area contributed by atoms with E-state index in [2.05, 4.69) is 10.4 Å². The number of sulfone groups is 1. The number of benzene rings is 1. The zero-order valence-electron chi connectivity index (χ0n) is 18.4. The first kappa shape index (κ1) is 21.8. The maximum atomic E-state index is 13.5. The van der Waals surface area contributed by atoms with Crippen LogP contribution in [0.1, 0.15) is 47.0 Å². The number of amides is 1. The first-order valence-electron chi connectivity index (χ1n) is 10.8. The molecule has 0 radical (unpaired) electrons. The fourth-order valence-corrected chi connectivity index (χ4v) is 6.74. The second-order valence-electron chi connectivity index (χ2n) is 8.42. The van der Waals surface area contributed by atoms with E-state index in [1.165, 1.54) is 0 Å². The van der Waals surface area contributed by atoms with Crippen LogP contribution in [0.3, 0.4) is 0 Å². The molecule has 1 aromatic carbocycles. The van der Waals surface area contributed by atoms with Gasteiger partial charge in [0.15, 0.2) is 15.5 Å². The lowest BCUT2D eigenvalue weighted by Crippen LogP contribution is -2.27. The standard InChI is InChI=1S/C24H24N4O3S2/c1-15(17-7-4-3-5-8-17)25-24(29)19-13-20(21-9-6-11-32-21)26-23-22(19)16(2)27-28(23)18-10-12-33(30,31)14-18/h3-9,11,13,15,18H,10,12,14H2,1-2H3,(H,25,29)/t15-,18+/m1/s1. The molecule has 1 fully saturated rings. The normalized spacial score (nSPS) is 18.4. The van der Waals surface area contributed by atoms with E-state index < -0.39 is 9.84 Å². The average molecular weight is 481 g/mol. The monoisotopic (exact) mass is 480 g/mol. The van der Waals surface area contributed by atoms with Crippen molar-refractivity contribution in [3.63, 3.8) is 0 Å². The van der Waals surface area contributed by atoms with Gasteiger partial charge >= 0.3 is 0 Å². The Bertz CT molecular complexity index is 1430. The van der Waals surface area contributed by atoms with Crippen molar-refractivity contribution in [2.45, 2.75) is 32.4 Å². The highest BCUT2D eigenvalue weighted by atomic mass is 32.2. The summed E-state index contributed by atoms with van der Waals surface area (Å²) in [5.41, 5.74) is 3.40. The summed E-state index contributed by atoms with van der Waals surface area (Å²) in [4.78, 5) is 19.3. The van der Waals surface area contributed by atoms with Crippen LogP contribution < -0.4 is 5.32 Å². The molecule has 0 unspecified atom stereocenters. The van der Waals surface area contributed by atoms with Gasteiger partial charge < -0.3 is 5.32 Å². The Morgan fingerprint density at radius 3 is 2.67 bits per heavy atom. The summed E-state index contributed by atoms with van der Waals surface area (Å²) in [5.74, 6) is -0.0241. The molecule has 7 nitrogen and oxygen atoms in total. The van der Waals surface area contributed by atoms with Crippen LogP contribution in [0, 0.1) is 6.92 Å². The number of aryl methyl sites for hydroxylation is 1. The fourth-order valence-electron chi connectivity index (χ4n) is 4.36. The van der Waals surface area contributed by atoms with Gasteiger partial charge in [-0.15, -0.1) is 11.3 Å². The molecule has 1 saturated heterocycles. The van der Waals surface area contributed by atoms with Crippen molar-refractivity contribution in [1.82, 2.24) is 20.1 Å². The van der Waals surface area contributed by atoms with Gasteiger partial charge in [0.25, 0.3) is 5.91 Å². The summed E-state index contributed by atoms with van der Waals surface area (Å²) >= 11 is 1.54. The first-order chi connectivity index (χ1) is 15.8. The Balaban J connectivity index is 1.62. The van der Waals surface area contributed by atoms with Gasteiger partial charge in [0.05, 0.1) is 50.8 Å². The summed E-state index contributed by atoms with van der Waals surface area (Å²) in [6.45, 7) is 3.79. The Labute approximate surface area is 196 Å². The van der Waals surface area contributed by atoms with Crippen molar-refractivity contribution in [3.8, 4) is 10.6 Å². The van der Waals surface area contributed by atoms with E-state index in [-0.39, 0.29) is 29.5 Å². The Morgan fingerprint density at radius 2 is 2.00 bits per heavy atom. The van der Waals surface area contributed by atoms with E-state index in [4.69, 9.17) is 4.98 Å². The lowest BCUT2D eigenvalue weighted by atomic mass is 10.1. The smallest absolute Gasteiger partial charge is 0.252 e. The van der Waals surface area contributed by atoms with Crippen LogP contribution in [-0.2, 0) is 9.84 Å². The Hall–Kier alpha value is -3.04. The van der Waals surface area contributed by atoms with Crippen LogP contribution in [0.25, 0.3) is 21.6 Å². The second-order valence-corrected chi connectivity index (χ2v) is 11.6. The number of rotatable bonds is 5. The molecule has 0 aliphatic carbocycles. The van der Waals surface area contributed by atoms with Crippen LogP contribution in [0.4, 0.5) is 0 Å². The van der Waals surface area contributed by atoms with Gasteiger partial charge in [-0.2, -0.15) is 5.10 Å². The predicted molar refractivity (Wildman–Crippen MR) is 130 cm³/mol. The van der Waals surface area contributed by atoms with Gasteiger partial charge in [0.2, 0.25) is 0 Å². The number of carbonyl (C=O) groups is 1.